The Morgan fingerprint density at radius 1 is 1.08 bits per heavy atom. The van der Waals surface area contributed by atoms with Crippen molar-refractivity contribution in [1.29, 1.82) is 0 Å². The molecule has 3 aliphatic rings. The molecule has 3 N–H and O–H groups in total. The van der Waals surface area contributed by atoms with E-state index in [-0.39, 0.29) is 11.1 Å². The number of rotatable bonds is 6. The van der Waals surface area contributed by atoms with Gasteiger partial charge in [-0.2, -0.15) is 13.2 Å². The Labute approximate surface area is 220 Å². The molecule has 1 aromatic carbocycles. The standard InChI is InChI=1S/C27H34F3N5O3/c28-27(29,30)23-9-6-20(17-31-23)32-25(37)33-22-3-1-12-35(24(22)36)21-7-4-19(5-8-21)26(10-2-11-26)18-34-13-15-38-16-14-34/h4-9,17,22,24,36H,1-3,10-16,18H2,(H2,32,33,37)/t22-,24?/m1/s1. The maximum absolute atomic E-state index is 12.7. The summed E-state index contributed by atoms with van der Waals surface area (Å²) in [5.74, 6) is 0. The minimum Gasteiger partial charge on any atom is -0.379 e. The molecule has 5 rings (SSSR count). The van der Waals surface area contributed by atoms with Gasteiger partial charge in [0.15, 0.2) is 0 Å². The van der Waals surface area contributed by atoms with Crippen molar-refractivity contribution in [2.24, 2.45) is 0 Å². The first-order valence-corrected chi connectivity index (χ1v) is 13.2. The molecule has 2 aromatic rings. The van der Waals surface area contributed by atoms with E-state index >= 15 is 0 Å². The number of halogens is 3. The molecule has 1 aliphatic carbocycles. The molecule has 1 saturated carbocycles. The van der Waals surface area contributed by atoms with Crippen LogP contribution in [-0.4, -0.2) is 72.7 Å². The number of morpholine rings is 1. The third-order valence-electron chi connectivity index (χ3n) is 7.97. The molecule has 11 heteroatoms. The van der Waals surface area contributed by atoms with E-state index in [0.29, 0.717) is 13.0 Å². The Morgan fingerprint density at radius 3 is 2.42 bits per heavy atom. The monoisotopic (exact) mass is 533 g/mol. The van der Waals surface area contributed by atoms with E-state index in [2.05, 4.69) is 32.7 Å². The smallest absolute Gasteiger partial charge is 0.379 e. The average molecular weight is 534 g/mol. The summed E-state index contributed by atoms with van der Waals surface area (Å²) in [7, 11) is 0. The van der Waals surface area contributed by atoms with E-state index in [9.17, 15) is 23.1 Å². The van der Waals surface area contributed by atoms with Crippen LogP contribution in [-0.2, 0) is 16.3 Å². The number of carbonyl (C=O) groups excluding carboxylic acids is 1. The maximum Gasteiger partial charge on any atom is 0.433 e. The lowest BCUT2D eigenvalue weighted by Crippen LogP contribution is -2.56. The SMILES string of the molecule is O=C(Nc1ccc(C(F)(F)F)nc1)N[C@@H]1CCCN(c2ccc(C3(CN4CCOCC4)CCC3)cc2)C1O. The predicted molar refractivity (Wildman–Crippen MR) is 137 cm³/mol. The first kappa shape index (κ1) is 26.7. The number of anilines is 2. The number of amides is 2. The van der Waals surface area contributed by atoms with Crippen LogP contribution < -0.4 is 15.5 Å². The van der Waals surface area contributed by atoms with E-state index < -0.39 is 30.2 Å². The van der Waals surface area contributed by atoms with E-state index in [1.807, 2.05) is 17.0 Å². The number of aliphatic hydroxyl groups is 1. The summed E-state index contributed by atoms with van der Waals surface area (Å²) >= 11 is 0. The summed E-state index contributed by atoms with van der Waals surface area (Å²) in [5.41, 5.74) is 1.49. The zero-order valence-electron chi connectivity index (χ0n) is 21.2. The normalized spacial score (nSPS) is 23.9. The van der Waals surface area contributed by atoms with Gasteiger partial charge in [-0.1, -0.05) is 18.6 Å². The summed E-state index contributed by atoms with van der Waals surface area (Å²) in [6.45, 7) is 5.21. The van der Waals surface area contributed by atoms with Crippen molar-refractivity contribution in [1.82, 2.24) is 15.2 Å². The largest absolute Gasteiger partial charge is 0.433 e. The van der Waals surface area contributed by atoms with Crippen LogP contribution in [0.4, 0.5) is 29.3 Å². The summed E-state index contributed by atoms with van der Waals surface area (Å²) in [5, 5.41) is 16.3. The van der Waals surface area contributed by atoms with Crippen LogP contribution in [0.15, 0.2) is 42.6 Å². The molecule has 2 atom stereocenters. The number of ether oxygens (including phenoxy) is 1. The number of nitrogens with zero attached hydrogens (tertiary/aromatic N) is 3. The molecule has 1 unspecified atom stereocenters. The number of carbonyl (C=O) groups is 1. The van der Waals surface area contributed by atoms with Gasteiger partial charge in [0.1, 0.15) is 11.9 Å². The summed E-state index contributed by atoms with van der Waals surface area (Å²) in [6.07, 6.45) is 0.407. The average Bonchev–Trinajstić information content (AvgIpc) is 2.88. The minimum atomic E-state index is -4.55. The molecule has 2 aliphatic heterocycles. The summed E-state index contributed by atoms with van der Waals surface area (Å²) in [6, 6.07) is 9.25. The van der Waals surface area contributed by atoms with E-state index in [0.717, 1.165) is 63.3 Å². The maximum atomic E-state index is 12.7. The molecule has 38 heavy (non-hydrogen) atoms. The molecule has 3 fully saturated rings. The van der Waals surface area contributed by atoms with Crippen LogP contribution in [0.25, 0.3) is 0 Å². The highest BCUT2D eigenvalue weighted by Crippen LogP contribution is 2.45. The number of urea groups is 1. The summed E-state index contributed by atoms with van der Waals surface area (Å²) < 4.78 is 43.6. The predicted octanol–water partition coefficient (Wildman–Crippen LogP) is 3.96. The molecule has 0 spiro atoms. The zero-order chi connectivity index (χ0) is 26.8. The van der Waals surface area contributed by atoms with Crippen LogP contribution in [0, 0.1) is 0 Å². The second-order valence-electron chi connectivity index (χ2n) is 10.5. The van der Waals surface area contributed by atoms with Gasteiger partial charge in [0.05, 0.1) is 31.1 Å². The zero-order valence-corrected chi connectivity index (χ0v) is 21.2. The third kappa shape index (κ3) is 5.89. The topological polar surface area (TPSA) is 90.0 Å². The lowest BCUT2D eigenvalue weighted by molar-refractivity contribution is -0.141. The first-order chi connectivity index (χ1) is 18.2. The molecule has 8 nitrogen and oxygen atoms in total. The Kier molecular flexibility index (Phi) is 7.78. The highest BCUT2D eigenvalue weighted by molar-refractivity contribution is 5.89. The lowest BCUT2D eigenvalue weighted by Gasteiger charge is -2.46. The Bertz CT molecular complexity index is 1090. The van der Waals surface area contributed by atoms with Crippen LogP contribution in [0.1, 0.15) is 43.4 Å². The second-order valence-corrected chi connectivity index (χ2v) is 10.5. The molecule has 3 heterocycles. The number of alkyl halides is 3. The van der Waals surface area contributed by atoms with Crippen molar-refractivity contribution in [3.63, 3.8) is 0 Å². The van der Waals surface area contributed by atoms with Crippen molar-refractivity contribution >= 4 is 17.4 Å². The molecular formula is C27H34F3N5O3. The van der Waals surface area contributed by atoms with Gasteiger partial charge >= 0.3 is 12.2 Å². The number of aromatic nitrogens is 1. The summed E-state index contributed by atoms with van der Waals surface area (Å²) in [4.78, 5) is 20.2. The van der Waals surface area contributed by atoms with E-state index in [1.54, 1.807) is 0 Å². The number of benzene rings is 1. The molecular weight excluding hydrogens is 499 g/mol. The highest BCUT2D eigenvalue weighted by atomic mass is 19.4. The Morgan fingerprint density at radius 2 is 1.82 bits per heavy atom. The van der Waals surface area contributed by atoms with Crippen LogP contribution >= 0.6 is 0 Å². The van der Waals surface area contributed by atoms with Crippen molar-refractivity contribution in [3.8, 4) is 0 Å². The Hall–Kier alpha value is -2.89. The number of nitrogens with one attached hydrogen (secondary N) is 2. The molecule has 0 radical (unpaired) electrons. The minimum absolute atomic E-state index is 0.134. The number of hydrogen-bond acceptors (Lipinski definition) is 6. The van der Waals surface area contributed by atoms with E-state index in [4.69, 9.17) is 4.74 Å². The van der Waals surface area contributed by atoms with Crippen molar-refractivity contribution < 1.29 is 27.8 Å². The van der Waals surface area contributed by atoms with Gasteiger partial charge in [0, 0.05) is 37.3 Å². The highest BCUT2D eigenvalue weighted by Gasteiger charge is 2.40. The van der Waals surface area contributed by atoms with Gasteiger partial charge in [0.25, 0.3) is 0 Å². The fourth-order valence-electron chi connectivity index (χ4n) is 5.72. The second kappa shape index (κ2) is 11.1. The van der Waals surface area contributed by atoms with Crippen molar-refractivity contribution in [3.05, 3.63) is 53.9 Å². The van der Waals surface area contributed by atoms with Gasteiger partial charge in [-0.25, -0.2) is 9.78 Å². The van der Waals surface area contributed by atoms with Gasteiger partial charge in [-0.15, -0.1) is 0 Å². The fourth-order valence-corrected chi connectivity index (χ4v) is 5.72. The van der Waals surface area contributed by atoms with Gasteiger partial charge in [-0.3, -0.25) is 4.90 Å². The third-order valence-corrected chi connectivity index (χ3v) is 7.97. The number of aliphatic hydroxyl groups excluding tert-OH is 1. The van der Waals surface area contributed by atoms with Crippen LogP contribution in [0.3, 0.4) is 0 Å². The quantitative estimate of drug-likeness (QED) is 0.521. The lowest BCUT2D eigenvalue weighted by atomic mass is 9.64. The van der Waals surface area contributed by atoms with E-state index in [1.165, 1.54) is 24.8 Å². The van der Waals surface area contributed by atoms with Crippen molar-refractivity contribution in [2.75, 3.05) is 49.6 Å². The van der Waals surface area contributed by atoms with Crippen molar-refractivity contribution in [2.45, 2.75) is 56.0 Å². The van der Waals surface area contributed by atoms with Crippen LogP contribution in [0.2, 0.25) is 0 Å². The van der Waals surface area contributed by atoms with Gasteiger partial charge < -0.3 is 25.4 Å². The molecule has 2 saturated heterocycles. The first-order valence-electron chi connectivity index (χ1n) is 13.2. The molecule has 2 amide bonds. The fraction of sp³-hybridized carbons (Fsp3) is 0.556. The number of piperidine rings is 1. The Balaban J connectivity index is 1.19. The van der Waals surface area contributed by atoms with Gasteiger partial charge in [-0.05, 0) is 55.5 Å². The number of pyridine rings is 1. The van der Waals surface area contributed by atoms with Gasteiger partial charge in [0.2, 0.25) is 0 Å². The molecule has 1 aromatic heterocycles. The van der Waals surface area contributed by atoms with Crippen LogP contribution in [0.5, 0.6) is 0 Å². The molecule has 0 bridgehead atoms. The molecule has 206 valence electrons. The number of hydrogen-bond donors (Lipinski definition) is 3.